The molecule has 1 aromatic rings. The average Bonchev–Trinajstić information content (AvgIpc) is 2.37. The van der Waals surface area contributed by atoms with Gasteiger partial charge in [0.1, 0.15) is 16.7 Å². The summed E-state index contributed by atoms with van der Waals surface area (Å²) in [5, 5.41) is 9.11. The number of rotatable bonds is 7. The number of carboxylic acids is 1. The third kappa shape index (κ3) is 4.69. The highest BCUT2D eigenvalue weighted by molar-refractivity contribution is 9.10. The summed E-state index contributed by atoms with van der Waals surface area (Å²) in [6, 6.07) is 3.35. The van der Waals surface area contributed by atoms with Gasteiger partial charge in [0, 0.05) is 4.47 Å². The van der Waals surface area contributed by atoms with Gasteiger partial charge in [-0.2, -0.15) is 4.72 Å². The van der Waals surface area contributed by atoms with E-state index in [2.05, 4.69) is 20.7 Å². The van der Waals surface area contributed by atoms with Gasteiger partial charge in [0.2, 0.25) is 10.0 Å². The van der Waals surface area contributed by atoms with Crippen molar-refractivity contribution in [2.45, 2.75) is 31.7 Å². The molecule has 21 heavy (non-hydrogen) atoms. The maximum atomic E-state index is 12.4. The normalized spacial score (nSPS) is 13.2. The number of aliphatic carboxylic acids is 1. The fourth-order valence-corrected chi connectivity index (χ4v) is 3.69. The quantitative estimate of drug-likeness (QED) is 0.757. The van der Waals surface area contributed by atoms with Crippen molar-refractivity contribution in [2.24, 2.45) is 5.92 Å². The Balaban J connectivity index is 3.24. The van der Waals surface area contributed by atoms with Crippen molar-refractivity contribution in [1.82, 2.24) is 4.72 Å². The molecule has 0 bridgehead atoms. The monoisotopic (exact) mass is 379 g/mol. The summed E-state index contributed by atoms with van der Waals surface area (Å²) in [5.41, 5.74) is 0. The summed E-state index contributed by atoms with van der Waals surface area (Å²) in [6.07, 6.45) is 0. The molecule has 2 N–H and O–H groups in total. The molecule has 0 unspecified atom stereocenters. The first kappa shape index (κ1) is 17.9. The summed E-state index contributed by atoms with van der Waals surface area (Å²) in [5.74, 6) is -1.43. The molecule has 0 aromatic heterocycles. The van der Waals surface area contributed by atoms with E-state index in [0.29, 0.717) is 11.1 Å². The van der Waals surface area contributed by atoms with Gasteiger partial charge < -0.3 is 9.84 Å². The molecule has 0 heterocycles. The summed E-state index contributed by atoms with van der Waals surface area (Å²) in [7, 11) is -4.01. The molecular weight excluding hydrogens is 362 g/mol. The van der Waals surface area contributed by atoms with Crippen molar-refractivity contribution in [2.75, 3.05) is 6.61 Å². The van der Waals surface area contributed by atoms with Crippen molar-refractivity contribution in [3.05, 3.63) is 22.7 Å². The lowest BCUT2D eigenvalue weighted by Gasteiger charge is -2.19. The van der Waals surface area contributed by atoms with Crippen LogP contribution in [0.2, 0.25) is 0 Å². The Bertz CT molecular complexity index is 615. The van der Waals surface area contributed by atoms with E-state index >= 15 is 0 Å². The van der Waals surface area contributed by atoms with Crippen LogP contribution in [-0.4, -0.2) is 32.1 Å². The van der Waals surface area contributed by atoms with Crippen LogP contribution in [0.25, 0.3) is 0 Å². The van der Waals surface area contributed by atoms with Gasteiger partial charge in [-0.25, -0.2) is 8.42 Å². The van der Waals surface area contributed by atoms with Gasteiger partial charge in [0.15, 0.2) is 0 Å². The van der Waals surface area contributed by atoms with Crippen molar-refractivity contribution in [3.63, 3.8) is 0 Å². The predicted octanol–water partition coefficient (Wildman–Crippen LogP) is 2.24. The van der Waals surface area contributed by atoms with Crippen LogP contribution in [0.5, 0.6) is 5.75 Å². The van der Waals surface area contributed by atoms with Gasteiger partial charge in [-0.3, -0.25) is 4.79 Å². The zero-order chi connectivity index (χ0) is 16.2. The van der Waals surface area contributed by atoms with Crippen LogP contribution in [0.15, 0.2) is 27.6 Å². The van der Waals surface area contributed by atoms with E-state index < -0.39 is 22.0 Å². The van der Waals surface area contributed by atoms with E-state index in [1.807, 2.05) is 0 Å². The molecule has 0 spiro atoms. The number of halogens is 1. The molecular formula is C13H18BrNO5S. The number of benzene rings is 1. The van der Waals surface area contributed by atoms with Gasteiger partial charge in [-0.1, -0.05) is 29.8 Å². The molecule has 0 saturated heterocycles. The highest BCUT2D eigenvalue weighted by atomic mass is 79.9. The first-order valence-electron chi connectivity index (χ1n) is 6.36. The minimum absolute atomic E-state index is 0.0920. The maximum Gasteiger partial charge on any atom is 0.322 e. The SMILES string of the molecule is CCOc1ccc(Br)cc1S(=O)(=O)N[C@@H](C(=O)O)C(C)C. The van der Waals surface area contributed by atoms with Gasteiger partial charge in [0.05, 0.1) is 6.61 Å². The van der Waals surface area contributed by atoms with Crippen LogP contribution in [-0.2, 0) is 14.8 Å². The minimum atomic E-state index is -4.01. The highest BCUT2D eigenvalue weighted by Gasteiger charge is 2.30. The average molecular weight is 380 g/mol. The van der Waals surface area contributed by atoms with Crippen LogP contribution in [0.1, 0.15) is 20.8 Å². The number of hydrogen-bond acceptors (Lipinski definition) is 4. The number of ether oxygens (including phenoxy) is 1. The van der Waals surface area contributed by atoms with Gasteiger partial charge in [-0.15, -0.1) is 0 Å². The lowest BCUT2D eigenvalue weighted by molar-refractivity contribution is -0.140. The zero-order valence-electron chi connectivity index (χ0n) is 12.0. The van der Waals surface area contributed by atoms with E-state index in [-0.39, 0.29) is 16.6 Å². The van der Waals surface area contributed by atoms with Crippen LogP contribution < -0.4 is 9.46 Å². The number of sulfonamides is 1. The Kier molecular flexibility index (Phi) is 6.18. The Morgan fingerprint density at radius 2 is 2.05 bits per heavy atom. The Labute approximate surface area is 132 Å². The molecule has 0 aliphatic rings. The van der Waals surface area contributed by atoms with Gasteiger partial charge in [0.25, 0.3) is 0 Å². The van der Waals surface area contributed by atoms with E-state index in [1.54, 1.807) is 26.8 Å². The van der Waals surface area contributed by atoms with Crippen LogP contribution in [0.3, 0.4) is 0 Å². The number of nitrogens with one attached hydrogen (secondary N) is 1. The second-order valence-corrected chi connectivity index (χ2v) is 7.30. The molecule has 1 atom stereocenters. The molecule has 1 rings (SSSR count). The van der Waals surface area contributed by atoms with Crippen molar-refractivity contribution in [3.8, 4) is 5.75 Å². The fraction of sp³-hybridized carbons (Fsp3) is 0.462. The van der Waals surface area contributed by atoms with E-state index in [9.17, 15) is 13.2 Å². The third-order valence-corrected chi connectivity index (χ3v) is 4.67. The van der Waals surface area contributed by atoms with Crippen molar-refractivity contribution < 1.29 is 23.1 Å². The molecule has 0 fully saturated rings. The lowest BCUT2D eigenvalue weighted by Crippen LogP contribution is -2.44. The summed E-state index contributed by atoms with van der Waals surface area (Å²) in [4.78, 5) is 11.1. The second kappa shape index (κ2) is 7.24. The first-order valence-corrected chi connectivity index (χ1v) is 8.64. The van der Waals surface area contributed by atoms with Gasteiger partial charge >= 0.3 is 5.97 Å². The van der Waals surface area contributed by atoms with Crippen molar-refractivity contribution >= 4 is 31.9 Å². The van der Waals surface area contributed by atoms with E-state index in [0.717, 1.165) is 0 Å². The number of carboxylic acid groups (broad SMARTS) is 1. The molecule has 0 amide bonds. The maximum absolute atomic E-state index is 12.4. The van der Waals surface area contributed by atoms with Crippen LogP contribution >= 0.6 is 15.9 Å². The summed E-state index contributed by atoms with van der Waals surface area (Å²) >= 11 is 3.20. The summed E-state index contributed by atoms with van der Waals surface area (Å²) < 4.78 is 32.9. The zero-order valence-corrected chi connectivity index (χ0v) is 14.4. The highest BCUT2D eigenvalue weighted by Crippen LogP contribution is 2.28. The van der Waals surface area contributed by atoms with Crippen LogP contribution in [0, 0.1) is 5.92 Å². The van der Waals surface area contributed by atoms with Crippen molar-refractivity contribution in [1.29, 1.82) is 0 Å². The topological polar surface area (TPSA) is 92.7 Å². The van der Waals surface area contributed by atoms with E-state index in [4.69, 9.17) is 9.84 Å². The number of carbonyl (C=O) groups is 1. The Morgan fingerprint density at radius 1 is 1.43 bits per heavy atom. The van der Waals surface area contributed by atoms with E-state index in [1.165, 1.54) is 12.1 Å². The molecule has 6 nitrogen and oxygen atoms in total. The first-order chi connectivity index (χ1) is 9.69. The standard InChI is InChI=1S/C13H18BrNO5S/c1-4-20-10-6-5-9(14)7-11(10)21(18,19)15-12(8(2)3)13(16)17/h5-8,12,15H,4H2,1-3H3,(H,16,17)/t12-/m1/s1. The minimum Gasteiger partial charge on any atom is -0.492 e. The molecule has 8 heteroatoms. The van der Waals surface area contributed by atoms with Crippen LogP contribution in [0.4, 0.5) is 0 Å². The Morgan fingerprint density at radius 3 is 2.52 bits per heavy atom. The summed E-state index contributed by atoms with van der Waals surface area (Å²) in [6.45, 7) is 5.30. The second-order valence-electron chi connectivity index (χ2n) is 4.71. The molecule has 1 aromatic carbocycles. The largest absolute Gasteiger partial charge is 0.492 e. The molecule has 0 saturated carbocycles. The lowest BCUT2D eigenvalue weighted by atomic mass is 10.1. The fourth-order valence-electron chi connectivity index (χ4n) is 1.67. The third-order valence-electron chi connectivity index (χ3n) is 2.71. The smallest absolute Gasteiger partial charge is 0.322 e. The predicted molar refractivity (Wildman–Crippen MR) is 81.9 cm³/mol. The molecule has 0 radical (unpaired) electrons. The molecule has 0 aliphatic carbocycles. The molecule has 118 valence electrons. The molecule has 0 aliphatic heterocycles. The van der Waals surface area contributed by atoms with Gasteiger partial charge in [-0.05, 0) is 31.0 Å². The number of hydrogen-bond donors (Lipinski definition) is 2. The Hall–Kier alpha value is -1.12.